The number of carbonyl (C=O) groups excluding carboxylic acids is 14. The van der Waals surface area contributed by atoms with E-state index in [0.717, 1.165) is 40.9 Å². The number of likely N-dealkylation sites (tertiary alicyclic amines) is 1. The van der Waals surface area contributed by atoms with Crippen molar-refractivity contribution >= 4 is 104 Å². The maximum atomic E-state index is 14.9. The van der Waals surface area contributed by atoms with Gasteiger partial charge in [-0.15, -0.1) is 0 Å². The second-order valence-corrected chi connectivity index (χ2v) is 24.3. The van der Waals surface area contributed by atoms with Crippen LogP contribution in [-0.4, -0.2) is 198 Å². The molecule has 2 aliphatic heterocycles. The average Bonchev–Trinajstić information content (AvgIpc) is 4.23. The quantitative estimate of drug-likeness (QED) is 0.0299. The zero-order chi connectivity index (χ0) is 62.6. The van der Waals surface area contributed by atoms with Crippen molar-refractivity contribution in [3.63, 3.8) is 0 Å². The fourth-order valence-electron chi connectivity index (χ4n) is 10.4. The summed E-state index contributed by atoms with van der Waals surface area (Å²) in [6, 6.07) is -11.7. The van der Waals surface area contributed by atoms with Gasteiger partial charge in [-0.25, -0.2) is 0 Å². The molecule has 2 aliphatic carbocycles. The van der Waals surface area contributed by atoms with Gasteiger partial charge in [-0.3, -0.25) is 67.1 Å². The fraction of sp³-hybridized carbons (Fsp3) is 0.731. The van der Waals surface area contributed by atoms with Crippen LogP contribution in [0.4, 0.5) is 0 Å². The molecular formula is C52H86N16O15S2. The van der Waals surface area contributed by atoms with Crippen molar-refractivity contribution in [2.75, 3.05) is 50.8 Å². The molecule has 0 aromatic heterocycles. The molecule has 4 rings (SSSR count). The number of hydrogen-bond acceptors (Lipinski definition) is 19. The van der Waals surface area contributed by atoms with Gasteiger partial charge >= 0.3 is 0 Å². The number of nitrogens with two attached hydrogens (primary N) is 5. The Bertz CT molecular complexity index is 2380. The van der Waals surface area contributed by atoms with E-state index in [-0.39, 0.29) is 68.5 Å². The lowest BCUT2D eigenvalue weighted by Gasteiger charge is -2.32. The zero-order valence-electron chi connectivity index (χ0n) is 47.8. The summed E-state index contributed by atoms with van der Waals surface area (Å²) < 4.78 is 0. The van der Waals surface area contributed by atoms with Gasteiger partial charge in [-0.1, -0.05) is 53.7 Å². The Hall–Kier alpha value is -6.84. The van der Waals surface area contributed by atoms with Crippen LogP contribution in [0.3, 0.4) is 0 Å². The van der Waals surface area contributed by atoms with Gasteiger partial charge < -0.3 is 91.8 Å². The van der Waals surface area contributed by atoms with E-state index in [1.807, 2.05) is 0 Å². The molecule has 14 amide bonds. The lowest BCUT2D eigenvalue weighted by Crippen LogP contribution is -2.61. The monoisotopic (exact) mass is 1240 g/mol. The van der Waals surface area contributed by atoms with Crippen LogP contribution in [0.25, 0.3) is 0 Å². The van der Waals surface area contributed by atoms with Gasteiger partial charge in [0, 0.05) is 24.5 Å². The minimum atomic E-state index is -1.83. The van der Waals surface area contributed by atoms with Crippen LogP contribution in [0.5, 0.6) is 0 Å². The molecular weight excluding hydrogens is 1150 g/mol. The molecule has 4 fully saturated rings. The third-order valence-electron chi connectivity index (χ3n) is 15.0. The fourth-order valence-corrected chi connectivity index (χ4v) is 12.7. The molecule has 8 atom stereocenters. The SMILES string of the molecule is NCCCCC(NC(=O)C1CCCN1C(=O)C1CSSCC(NC(=O)CNC(=O)CNC(=O)CN)C(=O)NC(CC2CCC(O)CC2)C(=O)NC(CC2CCCCC2)C(=O)NC(CCC(N)=O)C(=O)NC(CC(N)=O)C(=O)N1)C(=O)NCC(N)=O. The third-order valence-corrected chi connectivity index (χ3v) is 17.5. The smallest absolute Gasteiger partial charge is 0.246 e. The number of nitrogens with zero attached hydrogens (tertiary/aromatic N) is 1. The standard InChI is InChI=1S/C52H86N16O15S2/c53-17-5-4-9-31(45(76)60-23-41(57)72)63-51(82)38-10-6-18-68(38)52(83)37-27-85-84-26-36(61-44(75)25-59-43(74)24-58-42(73)22-54)50(81)65-34(20-29-11-13-30(69)14-12-29)48(79)64-33(19-28-7-2-1-3-8-28)47(78)62-32(15-16-39(55)70)46(77)66-35(21-40(56)71)49(80)67-37/h28-38,69H,1-27,53-54H2,(H2,55,70)(H2,56,71)(H2,57,72)(H,58,73)(H,59,74)(H,60,76)(H,61,75)(H,62,78)(H,63,82)(H,64,79)(H,65,81)(H,66,77)(H,67,80). The first kappa shape index (κ1) is 70.6. The summed E-state index contributed by atoms with van der Waals surface area (Å²) in [6.45, 7) is -1.88. The molecule has 85 heavy (non-hydrogen) atoms. The summed E-state index contributed by atoms with van der Waals surface area (Å²) in [7, 11) is 1.82. The number of primary amides is 3. The molecule has 21 N–H and O–H groups in total. The Morgan fingerprint density at radius 3 is 1.79 bits per heavy atom. The second kappa shape index (κ2) is 36.9. The summed E-state index contributed by atoms with van der Waals surface area (Å²) >= 11 is 0. The third kappa shape index (κ3) is 25.3. The molecule has 8 unspecified atom stereocenters. The van der Waals surface area contributed by atoms with Crippen LogP contribution < -0.4 is 81.8 Å². The van der Waals surface area contributed by atoms with Crippen LogP contribution >= 0.6 is 21.6 Å². The number of unbranched alkanes of at least 4 members (excludes halogenated alkanes) is 1. The summed E-state index contributed by atoms with van der Waals surface area (Å²) in [4.78, 5) is 190. The molecule has 4 aliphatic rings. The van der Waals surface area contributed by atoms with E-state index in [1.165, 1.54) is 4.90 Å². The lowest BCUT2D eigenvalue weighted by molar-refractivity contribution is -0.142. The number of aliphatic hydroxyl groups is 1. The molecule has 0 bridgehead atoms. The van der Waals surface area contributed by atoms with Crippen molar-refractivity contribution in [3.8, 4) is 0 Å². The highest BCUT2D eigenvalue weighted by Crippen LogP contribution is 2.31. The second-order valence-electron chi connectivity index (χ2n) is 21.8. The Morgan fingerprint density at radius 1 is 0.588 bits per heavy atom. The summed E-state index contributed by atoms with van der Waals surface area (Å²) in [5.41, 5.74) is 27.3. The van der Waals surface area contributed by atoms with Gasteiger partial charge in [0.2, 0.25) is 82.7 Å². The predicted octanol–water partition coefficient (Wildman–Crippen LogP) is -6.26. The van der Waals surface area contributed by atoms with Crippen LogP contribution in [-0.2, 0) is 67.1 Å². The number of rotatable bonds is 25. The Kier molecular flexibility index (Phi) is 30.7. The minimum Gasteiger partial charge on any atom is -0.393 e. The van der Waals surface area contributed by atoms with Crippen LogP contribution in [0, 0.1) is 11.8 Å². The Balaban J connectivity index is 1.79. The molecule has 31 nitrogen and oxygen atoms in total. The Labute approximate surface area is 500 Å². The molecule has 0 aromatic rings. The predicted molar refractivity (Wildman–Crippen MR) is 309 cm³/mol. The molecule has 2 saturated carbocycles. The number of nitrogens with one attached hydrogen (secondary N) is 10. The molecule has 33 heteroatoms. The van der Waals surface area contributed by atoms with Crippen LogP contribution in [0.1, 0.15) is 122 Å². The number of amides is 14. The van der Waals surface area contributed by atoms with Crippen molar-refractivity contribution in [1.29, 1.82) is 0 Å². The van der Waals surface area contributed by atoms with Gasteiger partial charge in [0.25, 0.3) is 0 Å². The van der Waals surface area contributed by atoms with Gasteiger partial charge in [-0.05, 0) is 95.4 Å². The van der Waals surface area contributed by atoms with Crippen molar-refractivity contribution in [2.24, 2.45) is 40.5 Å². The first-order valence-corrected chi connectivity index (χ1v) is 31.4. The molecule has 476 valence electrons. The van der Waals surface area contributed by atoms with E-state index in [0.29, 0.717) is 51.4 Å². The van der Waals surface area contributed by atoms with Crippen molar-refractivity contribution in [1.82, 2.24) is 58.1 Å². The van der Waals surface area contributed by atoms with E-state index in [4.69, 9.17) is 28.7 Å². The molecule has 0 radical (unpaired) electrons. The molecule has 2 heterocycles. The van der Waals surface area contributed by atoms with Gasteiger partial charge in [0.1, 0.15) is 48.3 Å². The molecule has 0 aromatic carbocycles. The Morgan fingerprint density at radius 2 is 1.16 bits per heavy atom. The molecule has 0 spiro atoms. The number of aliphatic hydroxyl groups excluding tert-OH is 1. The first-order valence-electron chi connectivity index (χ1n) is 28.9. The average molecular weight is 1240 g/mol. The van der Waals surface area contributed by atoms with Crippen molar-refractivity contribution in [3.05, 3.63) is 0 Å². The maximum absolute atomic E-state index is 14.9. The van der Waals surface area contributed by atoms with Gasteiger partial charge in [0.15, 0.2) is 0 Å². The van der Waals surface area contributed by atoms with Crippen LogP contribution in [0.15, 0.2) is 0 Å². The van der Waals surface area contributed by atoms with E-state index < -0.39 is 183 Å². The zero-order valence-corrected chi connectivity index (χ0v) is 49.4. The normalized spacial score (nSPS) is 25.4. The van der Waals surface area contributed by atoms with Crippen molar-refractivity contribution < 1.29 is 72.2 Å². The summed E-state index contributed by atoms with van der Waals surface area (Å²) in [5, 5.41) is 35.7. The van der Waals surface area contributed by atoms with E-state index in [1.54, 1.807) is 0 Å². The minimum absolute atomic E-state index is 0.0243. The first-order chi connectivity index (χ1) is 40.5. The maximum Gasteiger partial charge on any atom is 0.246 e. The van der Waals surface area contributed by atoms with Crippen molar-refractivity contribution in [2.45, 2.75) is 176 Å². The van der Waals surface area contributed by atoms with Gasteiger partial charge in [0.05, 0.1) is 38.7 Å². The van der Waals surface area contributed by atoms with E-state index in [9.17, 15) is 72.2 Å². The van der Waals surface area contributed by atoms with E-state index >= 15 is 0 Å². The highest BCUT2D eigenvalue weighted by atomic mass is 33.1. The largest absolute Gasteiger partial charge is 0.393 e. The highest BCUT2D eigenvalue weighted by molar-refractivity contribution is 8.76. The number of carbonyl (C=O) groups is 14. The number of hydrogen-bond donors (Lipinski definition) is 16. The highest BCUT2D eigenvalue weighted by Gasteiger charge is 2.41. The molecule has 2 saturated heterocycles. The lowest BCUT2D eigenvalue weighted by atomic mass is 9.83. The summed E-state index contributed by atoms with van der Waals surface area (Å²) in [6.07, 6.45) is 4.92. The van der Waals surface area contributed by atoms with Gasteiger partial charge in [-0.2, -0.15) is 0 Å². The van der Waals surface area contributed by atoms with E-state index in [2.05, 4.69) is 53.2 Å². The summed E-state index contributed by atoms with van der Waals surface area (Å²) in [5.74, 6) is -13.2. The van der Waals surface area contributed by atoms with Crippen LogP contribution in [0.2, 0.25) is 0 Å². The topological polar surface area (TPSA) is 513 Å².